The first-order chi connectivity index (χ1) is 15.2. The number of hydrogen-bond donors (Lipinski definition) is 1. The van der Waals surface area contributed by atoms with Crippen LogP contribution in [0.15, 0.2) is 90.0 Å². The largest absolute Gasteiger partial charge is 0.493 e. The molecule has 4 nitrogen and oxygen atoms in total. The summed E-state index contributed by atoms with van der Waals surface area (Å²) in [6.07, 6.45) is 1.74. The van der Waals surface area contributed by atoms with Gasteiger partial charge in [-0.25, -0.2) is 0 Å². The molecule has 1 N–H and O–H groups in total. The molecule has 0 saturated heterocycles. The lowest BCUT2D eigenvalue weighted by molar-refractivity contribution is 0.285. The SMILES string of the molecule is COc1cc(/C=N\NCc2ccccc2Cl)ccc1OCc1cccc2ccccc12. The minimum Gasteiger partial charge on any atom is -0.493 e. The van der Waals surface area contributed by atoms with Crippen LogP contribution in [0.1, 0.15) is 16.7 Å². The van der Waals surface area contributed by atoms with Crippen molar-refractivity contribution in [1.29, 1.82) is 0 Å². The highest BCUT2D eigenvalue weighted by Crippen LogP contribution is 2.29. The number of nitrogens with zero attached hydrogens (tertiary/aromatic N) is 1. The number of hydrazone groups is 1. The minimum absolute atomic E-state index is 0.463. The fourth-order valence-corrected chi connectivity index (χ4v) is 3.55. The number of nitrogens with one attached hydrogen (secondary N) is 1. The van der Waals surface area contributed by atoms with Gasteiger partial charge in [0.15, 0.2) is 11.5 Å². The molecule has 0 bridgehead atoms. The van der Waals surface area contributed by atoms with Crippen molar-refractivity contribution in [3.63, 3.8) is 0 Å². The molecule has 0 aromatic heterocycles. The van der Waals surface area contributed by atoms with E-state index in [1.807, 2.05) is 60.7 Å². The number of hydrogen-bond acceptors (Lipinski definition) is 4. The van der Waals surface area contributed by atoms with Crippen molar-refractivity contribution in [2.24, 2.45) is 5.10 Å². The van der Waals surface area contributed by atoms with Gasteiger partial charge in [-0.3, -0.25) is 0 Å². The summed E-state index contributed by atoms with van der Waals surface area (Å²) in [5, 5.41) is 7.39. The molecule has 0 aliphatic rings. The van der Waals surface area contributed by atoms with Crippen molar-refractivity contribution in [1.82, 2.24) is 5.43 Å². The summed E-state index contributed by atoms with van der Waals surface area (Å²) in [4.78, 5) is 0. The molecule has 156 valence electrons. The molecule has 0 aliphatic carbocycles. The average molecular weight is 431 g/mol. The molecule has 0 heterocycles. The van der Waals surface area contributed by atoms with Crippen LogP contribution < -0.4 is 14.9 Å². The molecule has 0 aliphatic heterocycles. The summed E-state index contributed by atoms with van der Waals surface area (Å²) in [6, 6.07) is 28.0. The fraction of sp³-hybridized carbons (Fsp3) is 0.115. The van der Waals surface area contributed by atoms with Crippen molar-refractivity contribution in [2.75, 3.05) is 7.11 Å². The van der Waals surface area contributed by atoms with Crippen LogP contribution in [0.4, 0.5) is 0 Å². The van der Waals surface area contributed by atoms with E-state index in [1.54, 1.807) is 13.3 Å². The van der Waals surface area contributed by atoms with Crippen molar-refractivity contribution >= 4 is 28.6 Å². The third kappa shape index (κ3) is 5.16. The van der Waals surface area contributed by atoms with E-state index in [0.717, 1.165) is 21.7 Å². The van der Waals surface area contributed by atoms with E-state index < -0.39 is 0 Å². The molecule has 0 radical (unpaired) electrons. The lowest BCUT2D eigenvalue weighted by Crippen LogP contribution is -2.06. The number of ether oxygens (including phenoxy) is 2. The van der Waals surface area contributed by atoms with E-state index in [9.17, 15) is 0 Å². The lowest BCUT2D eigenvalue weighted by Gasteiger charge is -2.12. The first-order valence-electron chi connectivity index (χ1n) is 10.0. The highest BCUT2D eigenvalue weighted by Gasteiger charge is 2.07. The molecule has 0 fully saturated rings. The Bertz CT molecular complexity index is 1200. The highest BCUT2D eigenvalue weighted by molar-refractivity contribution is 6.31. The van der Waals surface area contributed by atoms with E-state index in [4.69, 9.17) is 21.1 Å². The highest BCUT2D eigenvalue weighted by atomic mass is 35.5. The summed E-state index contributed by atoms with van der Waals surface area (Å²) >= 11 is 6.16. The Morgan fingerprint density at radius 2 is 1.65 bits per heavy atom. The first-order valence-corrected chi connectivity index (χ1v) is 10.4. The molecule has 4 aromatic rings. The molecule has 0 atom stereocenters. The Labute approximate surface area is 187 Å². The summed E-state index contributed by atoms with van der Waals surface area (Å²) in [5.74, 6) is 1.35. The van der Waals surface area contributed by atoms with Crippen LogP contribution in [-0.2, 0) is 13.2 Å². The maximum absolute atomic E-state index is 6.16. The van der Waals surface area contributed by atoms with Gasteiger partial charge in [0.05, 0.1) is 19.9 Å². The zero-order valence-corrected chi connectivity index (χ0v) is 18.0. The van der Waals surface area contributed by atoms with Gasteiger partial charge in [-0.05, 0) is 51.7 Å². The molecule has 31 heavy (non-hydrogen) atoms. The van der Waals surface area contributed by atoms with Crippen molar-refractivity contribution in [3.05, 3.63) is 107 Å². The molecule has 0 unspecified atom stereocenters. The molecule has 5 heteroatoms. The monoisotopic (exact) mass is 430 g/mol. The third-order valence-corrected chi connectivity index (χ3v) is 5.35. The second kappa shape index (κ2) is 10.0. The fourth-order valence-electron chi connectivity index (χ4n) is 3.35. The molecule has 0 amide bonds. The quantitative estimate of drug-likeness (QED) is 0.267. The van der Waals surface area contributed by atoms with Crippen LogP contribution >= 0.6 is 11.6 Å². The molecule has 0 saturated carbocycles. The van der Waals surface area contributed by atoms with E-state index in [0.29, 0.717) is 24.7 Å². The predicted octanol–water partition coefficient (Wildman–Crippen LogP) is 6.20. The van der Waals surface area contributed by atoms with Crippen LogP contribution in [0.25, 0.3) is 10.8 Å². The van der Waals surface area contributed by atoms with E-state index >= 15 is 0 Å². The normalized spacial score (nSPS) is 11.0. The molecule has 4 rings (SSSR count). The summed E-state index contributed by atoms with van der Waals surface area (Å²) < 4.78 is 11.6. The summed E-state index contributed by atoms with van der Waals surface area (Å²) in [6.45, 7) is 1.02. The molecule has 0 spiro atoms. The van der Waals surface area contributed by atoms with E-state index in [2.05, 4.69) is 34.8 Å². The van der Waals surface area contributed by atoms with E-state index in [1.165, 1.54) is 10.8 Å². The maximum atomic E-state index is 6.16. The minimum atomic E-state index is 0.463. The Morgan fingerprint density at radius 1 is 0.871 bits per heavy atom. The second-order valence-electron chi connectivity index (χ2n) is 7.02. The maximum Gasteiger partial charge on any atom is 0.161 e. The van der Waals surface area contributed by atoms with Crippen LogP contribution in [0.3, 0.4) is 0 Å². The Balaban J connectivity index is 1.41. The number of rotatable bonds is 8. The van der Waals surface area contributed by atoms with Gasteiger partial charge >= 0.3 is 0 Å². The van der Waals surface area contributed by atoms with Gasteiger partial charge in [-0.15, -0.1) is 0 Å². The Kier molecular flexibility index (Phi) is 6.70. The molecule has 4 aromatic carbocycles. The van der Waals surface area contributed by atoms with Crippen LogP contribution in [0.2, 0.25) is 5.02 Å². The Morgan fingerprint density at radius 3 is 2.52 bits per heavy atom. The lowest BCUT2D eigenvalue weighted by atomic mass is 10.1. The van der Waals surface area contributed by atoms with Gasteiger partial charge in [0.2, 0.25) is 0 Å². The van der Waals surface area contributed by atoms with Gasteiger partial charge < -0.3 is 14.9 Å². The van der Waals surface area contributed by atoms with Crippen molar-refractivity contribution < 1.29 is 9.47 Å². The van der Waals surface area contributed by atoms with Gasteiger partial charge in [0, 0.05) is 5.02 Å². The predicted molar refractivity (Wildman–Crippen MR) is 127 cm³/mol. The smallest absolute Gasteiger partial charge is 0.161 e. The first kappa shape index (κ1) is 20.8. The van der Waals surface area contributed by atoms with Crippen molar-refractivity contribution in [2.45, 2.75) is 13.2 Å². The number of methoxy groups -OCH3 is 1. The number of fused-ring (bicyclic) bond motifs is 1. The van der Waals surface area contributed by atoms with Crippen molar-refractivity contribution in [3.8, 4) is 11.5 Å². The van der Waals surface area contributed by atoms with Gasteiger partial charge in [0.25, 0.3) is 0 Å². The van der Waals surface area contributed by atoms with Crippen LogP contribution in [0, 0.1) is 0 Å². The van der Waals surface area contributed by atoms with Gasteiger partial charge in [-0.2, -0.15) is 5.10 Å². The third-order valence-electron chi connectivity index (χ3n) is 4.98. The summed E-state index contributed by atoms with van der Waals surface area (Å²) in [5.41, 5.74) is 6.05. The summed E-state index contributed by atoms with van der Waals surface area (Å²) in [7, 11) is 1.64. The zero-order chi connectivity index (χ0) is 21.5. The average Bonchev–Trinajstić information content (AvgIpc) is 2.81. The zero-order valence-electron chi connectivity index (χ0n) is 17.2. The van der Waals surface area contributed by atoms with Gasteiger partial charge in [0.1, 0.15) is 6.61 Å². The topological polar surface area (TPSA) is 42.8 Å². The van der Waals surface area contributed by atoms with Crippen LogP contribution in [0.5, 0.6) is 11.5 Å². The number of halogens is 1. The standard InChI is InChI=1S/C26H23ClN2O2/c1-30-26-15-19(16-28-29-17-21-8-3-5-12-24(21)27)13-14-25(26)31-18-22-10-6-9-20-7-2-4-11-23(20)22/h2-16,29H,17-18H2,1H3/b28-16-. The van der Waals surface area contributed by atoms with Gasteiger partial charge in [-0.1, -0.05) is 72.3 Å². The molecular formula is C26H23ClN2O2. The van der Waals surface area contributed by atoms with E-state index in [-0.39, 0.29) is 0 Å². The molecular weight excluding hydrogens is 408 g/mol. The Hall–Kier alpha value is -3.50. The number of benzene rings is 4. The second-order valence-corrected chi connectivity index (χ2v) is 7.43. The van der Waals surface area contributed by atoms with Crippen LogP contribution in [-0.4, -0.2) is 13.3 Å².